The molecule has 0 radical (unpaired) electrons. The molecule has 0 saturated carbocycles. The minimum Gasteiger partial charge on any atom is -0.379 e. The van der Waals surface area contributed by atoms with Gasteiger partial charge in [-0.1, -0.05) is 6.07 Å². The van der Waals surface area contributed by atoms with Crippen LogP contribution >= 0.6 is 0 Å². The maximum Gasteiger partial charge on any atom is 0.293 e. The number of hydrogen-bond acceptors (Lipinski definition) is 8. The first-order valence-electron chi connectivity index (χ1n) is 11.1. The zero-order valence-electron chi connectivity index (χ0n) is 18.6. The molecule has 0 aliphatic carbocycles. The molecule has 0 unspecified atom stereocenters. The fraction of sp³-hybridized carbons (Fsp3) is 0.455. The van der Waals surface area contributed by atoms with Gasteiger partial charge in [-0.05, 0) is 37.1 Å². The molecule has 1 N–H and O–H groups in total. The third-order valence-electron chi connectivity index (χ3n) is 6.13. The number of carbonyl (C=O) groups excluding carboxylic acids is 1. The van der Waals surface area contributed by atoms with Crippen LogP contribution in [-0.4, -0.2) is 67.9 Å². The van der Waals surface area contributed by atoms with Crippen LogP contribution in [0.4, 0.5) is 11.4 Å². The Morgan fingerprint density at radius 3 is 2.53 bits per heavy atom. The van der Waals surface area contributed by atoms with E-state index >= 15 is 0 Å². The summed E-state index contributed by atoms with van der Waals surface area (Å²) in [6.07, 6.45) is 2.75. The van der Waals surface area contributed by atoms with Crippen molar-refractivity contribution in [2.24, 2.45) is 5.92 Å². The van der Waals surface area contributed by atoms with Crippen molar-refractivity contribution in [3.63, 3.8) is 0 Å². The largest absolute Gasteiger partial charge is 0.379 e. The summed E-state index contributed by atoms with van der Waals surface area (Å²) >= 11 is 0. The van der Waals surface area contributed by atoms with Gasteiger partial charge in [0.2, 0.25) is 15.9 Å². The number of pyridine rings is 1. The third kappa shape index (κ3) is 5.34. The third-order valence-corrected chi connectivity index (χ3v) is 8.02. The van der Waals surface area contributed by atoms with E-state index in [1.165, 1.54) is 16.4 Å². The van der Waals surface area contributed by atoms with Crippen LogP contribution in [0.2, 0.25) is 0 Å². The van der Waals surface area contributed by atoms with E-state index in [-0.39, 0.29) is 35.5 Å². The molecule has 2 aliphatic heterocycles. The lowest BCUT2D eigenvalue weighted by Gasteiger charge is -2.33. The molecule has 2 aliphatic rings. The lowest BCUT2D eigenvalue weighted by atomic mass is 9.95. The number of nitrogens with zero attached hydrogens (tertiary/aromatic N) is 4. The first-order valence-corrected chi connectivity index (χ1v) is 12.6. The van der Waals surface area contributed by atoms with Gasteiger partial charge in [0.25, 0.3) is 5.69 Å². The van der Waals surface area contributed by atoms with Gasteiger partial charge < -0.3 is 15.0 Å². The fourth-order valence-electron chi connectivity index (χ4n) is 4.22. The predicted molar refractivity (Wildman–Crippen MR) is 124 cm³/mol. The standard InChI is InChI=1S/C22H27N5O6S/c28-22(24-16-18-3-1-2-8-23-18)17-6-9-25(10-7-17)20-5-4-19(15-21(20)27(29)30)34(31,32)26-11-13-33-14-12-26/h1-5,8,15,17H,6-7,9-14,16H2,(H,24,28). The van der Waals surface area contributed by atoms with E-state index in [2.05, 4.69) is 10.3 Å². The molecule has 1 aromatic carbocycles. The van der Waals surface area contributed by atoms with Crippen LogP contribution in [0.15, 0.2) is 47.5 Å². The zero-order chi connectivity index (χ0) is 24.1. The summed E-state index contributed by atoms with van der Waals surface area (Å²) in [5, 5.41) is 14.7. The Balaban J connectivity index is 1.42. The number of nitro benzene ring substituents is 1. The average molecular weight is 490 g/mol. The van der Waals surface area contributed by atoms with Crippen LogP contribution in [0.5, 0.6) is 0 Å². The zero-order valence-corrected chi connectivity index (χ0v) is 19.4. The van der Waals surface area contributed by atoms with Crippen molar-refractivity contribution < 1.29 is 22.9 Å². The van der Waals surface area contributed by atoms with Gasteiger partial charge in [0.05, 0.1) is 35.3 Å². The second-order valence-corrected chi connectivity index (χ2v) is 10.2. The minimum atomic E-state index is -3.84. The van der Waals surface area contributed by atoms with Crippen molar-refractivity contribution in [3.8, 4) is 0 Å². The van der Waals surface area contributed by atoms with Crippen molar-refractivity contribution in [1.82, 2.24) is 14.6 Å². The van der Waals surface area contributed by atoms with E-state index in [0.717, 1.165) is 11.8 Å². The number of rotatable bonds is 7. The smallest absolute Gasteiger partial charge is 0.293 e. The molecule has 2 saturated heterocycles. The van der Waals surface area contributed by atoms with E-state index in [1.54, 1.807) is 6.20 Å². The van der Waals surface area contributed by atoms with E-state index in [9.17, 15) is 23.3 Å². The molecule has 34 heavy (non-hydrogen) atoms. The Kier molecular flexibility index (Phi) is 7.39. The summed E-state index contributed by atoms with van der Waals surface area (Å²) in [7, 11) is -3.84. The first-order chi connectivity index (χ1) is 16.4. The number of aromatic nitrogens is 1. The number of anilines is 1. The van der Waals surface area contributed by atoms with E-state index in [0.29, 0.717) is 51.4 Å². The number of nitro groups is 1. The summed E-state index contributed by atoms with van der Waals surface area (Å²) in [6, 6.07) is 9.55. The Hall–Kier alpha value is -3.09. The lowest BCUT2D eigenvalue weighted by Crippen LogP contribution is -2.41. The molecule has 2 fully saturated rings. The van der Waals surface area contributed by atoms with Gasteiger partial charge in [0.1, 0.15) is 5.69 Å². The summed E-state index contributed by atoms with van der Waals surface area (Å²) in [5.41, 5.74) is 0.877. The van der Waals surface area contributed by atoms with Crippen molar-refractivity contribution in [1.29, 1.82) is 0 Å². The Morgan fingerprint density at radius 1 is 1.15 bits per heavy atom. The topological polar surface area (TPSA) is 135 Å². The van der Waals surface area contributed by atoms with Crippen LogP contribution in [0, 0.1) is 16.0 Å². The van der Waals surface area contributed by atoms with Crippen molar-refractivity contribution >= 4 is 27.3 Å². The fourth-order valence-corrected chi connectivity index (χ4v) is 5.65. The monoisotopic (exact) mass is 489 g/mol. The van der Waals surface area contributed by atoms with Gasteiger partial charge in [0, 0.05) is 44.4 Å². The summed E-state index contributed by atoms with van der Waals surface area (Å²) in [5.74, 6) is -0.258. The Morgan fingerprint density at radius 2 is 1.88 bits per heavy atom. The minimum absolute atomic E-state index is 0.0632. The molecule has 1 amide bonds. The van der Waals surface area contributed by atoms with Crippen LogP contribution < -0.4 is 10.2 Å². The highest BCUT2D eigenvalue weighted by Crippen LogP contribution is 2.34. The highest BCUT2D eigenvalue weighted by Gasteiger charge is 2.32. The maximum atomic E-state index is 12.9. The predicted octanol–water partition coefficient (Wildman–Crippen LogP) is 1.54. The number of carbonyl (C=O) groups is 1. The van der Waals surface area contributed by atoms with E-state index < -0.39 is 14.9 Å². The number of amides is 1. The number of hydrogen-bond donors (Lipinski definition) is 1. The molecule has 0 bridgehead atoms. The Bertz CT molecular complexity index is 1130. The van der Waals surface area contributed by atoms with Crippen molar-refractivity contribution in [2.45, 2.75) is 24.3 Å². The molecule has 4 rings (SSSR count). The molecular weight excluding hydrogens is 462 g/mol. The van der Waals surface area contributed by atoms with Crippen LogP contribution in [-0.2, 0) is 26.1 Å². The number of piperidine rings is 1. The SMILES string of the molecule is O=C(NCc1ccccn1)C1CCN(c2ccc(S(=O)(=O)N3CCOCC3)cc2[N+](=O)[O-])CC1. The molecule has 11 nitrogen and oxygen atoms in total. The molecule has 0 spiro atoms. The van der Waals surface area contributed by atoms with Crippen LogP contribution in [0.1, 0.15) is 18.5 Å². The van der Waals surface area contributed by atoms with Gasteiger partial charge in [-0.15, -0.1) is 0 Å². The van der Waals surface area contributed by atoms with Gasteiger partial charge in [-0.2, -0.15) is 4.31 Å². The molecule has 12 heteroatoms. The van der Waals surface area contributed by atoms with E-state index in [1.807, 2.05) is 23.1 Å². The molecular formula is C22H27N5O6S. The maximum absolute atomic E-state index is 12.9. The number of benzene rings is 1. The summed E-state index contributed by atoms with van der Waals surface area (Å²) in [4.78, 5) is 29.7. The van der Waals surface area contributed by atoms with Gasteiger partial charge in [0.15, 0.2) is 0 Å². The molecule has 1 aromatic heterocycles. The lowest BCUT2D eigenvalue weighted by molar-refractivity contribution is -0.384. The van der Waals surface area contributed by atoms with Crippen LogP contribution in [0.3, 0.4) is 0 Å². The number of sulfonamides is 1. The van der Waals surface area contributed by atoms with Crippen molar-refractivity contribution in [3.05, 3.63) is 58.4 Å². The second-order valence-electron chi connectivity index (χ2n) is 8.22. The number of ether oxygens (including phenoxy) is 1. The first kappa shape index (κ1) is 24.0. The number of morpholine rings is 1. The highest BCUT2D eigenvalue weighted by atomic mass is 32.2. The Labute approximate surface area is 197 Å². The molecule has 0 atom stereocenters. The molecule has 182 valence electrons. The quantitative estimate of drug-likeness (QED) is 0.457. The second kappa shape index (κ2) is 10.5. The number of nitrogens with one attached hydrogen (secondary N) is 1. The average Bonchev–Trinajstić information content (AvgIpc) is 2.88. The van der Waals surface area contributed by atoms with E-state index in [4.69, 9.17) is 4.74 Å². The van der Waals surface area contributed by atoms with Gasteiger partial charge in [-0.25, -0.2) is 8.42 Å². The molecule has 3 heterocycles. The van der Waals surface area contributed by atoms with Crippen molar-refractivity contribution in [2.75, 3.05) is 44.3 Å². The van der Waals surface area contributed by atoms with Gasteiger partial charge in [-0.3, -0.25) is 19.9 Å². The summed E-state index contributed by atoms with van der Waals surface area (Å²) in [6.45, 7) is 2.29. The summed E-state index contributed by atoms with van der Waals surface area (Å²) < 4.78 is 32.3. The van der Waals surface area contributed by atoms with Gasteiger partial charge >= 0.3 is 0 Å². The van der Waals surface area contributed by atoms with Crippen LogP contribution in [0.25, 0.3) is 0 Å². The molecule has 2 aromatic rings. The highest BCUT2D eigenvalue weighted by molar-refractivity contribution is 7.89. The normalized spacial score (nSPS) is 17.9.